The molecule has 12 heavy (non-hydrogen) atoms. The van der Waals surface area contributed by atoms with E-state index in [1.54, 1.807) is 0 Å². The summed E-state index contributed by atoms with van der Waals surface area (Å²) in [7, 11) is 0. The molecule has 1 aliphatic heterocycles. The second-order valence-corrected chi connectivity index (χ2v) is 3.31. The van der Waals surface area contributed by atoms with Gasteiger partial charge in [0.05, 0.1) is 0 Å². The number of hydrogen-bond acceptors (Lipinski definition) is 2. The number of carbonyl (C=O) groups is 1. The zero-order valence-electron chi connectivity index (χ0n) is 7.90. The van der Waals surface area contributed by atoms with Crippen molar-refractivity contribution >= 4 is 5.91 Å². The summed E-state index contributed by atoms with van der Waals surface area (Å²) in [5, 5.41) is 6.07. The second kappa shape index (κ2) is 3.61. The Morgan fingerprint density at radius 3 is 2.83 bits per heavy atom. The summed E-state index contributed by atoms with van der Waals surface area (Å²) in [5.41, 5.74) is 1.20. The Morgan fingerprint density at radius 2 is 2.33 bits per heavy atom. The van der Waals surface area contributed by atoms with Crippen molar-refractivity contribution in [1.29, 1.82) is 0 Å². The first kappa shape index (κ1) is 9.10. The monoisotopic (exact) mass is 168 g/mol. The van der Waals surface area contributed by atoms with Gasteiger partial charge < -0.3 is 10.6 Å². The Balaban J connectivity index is 2.73. The van der Waals surface area contributed by atoms with Crippen molar-refractivity contribution < 1.29 is 4.79 Å². The van der Waals surface area contributed by atoms with Crippen molar-refractivity contribution in [2.45, 2.75) is 39.7 Å². The third-order valence-electron chi connectivity index (χ3n) is 2.10. The summed E-state index contributed by atoms with van der Waals surface area (Å²) in [4.78, 5) is 11.1. The van der Waals surface area contributed by atoms with Gasteiger partial charge >= 0.3 is 0 Å². The molecule has 0 saturated carbocycles. The van der Waals surface area contributed by atoms with Crippen LogP contribution in [0.25, 0.3) is 0 Å². The van der Waals surface area contributed by atoms with Gasteiger partial charge in [0, 0.05) is 12.5 Å². The molecule has 3 heteroatoms. The van der Waals surface area contributed by atoms with Crippen LogP contribution in [0.4, 0.5) is 0 Å². The maximum absolute atomic E-state index is 11.1. The average molecular weight is 168 g/mol. The quantitative estimate of drug-likeness (QED) is 0.616. The van der Waals surface area contributed by atoms with Gasteiger partial charge in [0.15, 0.2) is 0 Å². The van der Waals surface area contributed by atoms with Gasteiger partial charge in [0.1, 0.15) is 5.82 Å². The van der Waals surface area contributed by atoms with E-state index in [0.29, 0.717) is 6.42 Å². The molecule has 1 unspecified atom stereocenters. The van der Waals surface area contributed by atoms with E-state index < -0.39 is 0 Å². The van der Waals surface area contributed by atoms with Gasteiger partial charge in [-0.1, -0.05) is 6.92 Å². The van der Waals surface area contributed by atoms with E-state index in [-0.39, 0.29) is 11.9 Å². The molecule has 0 aromatic carbocycles. The maximum Gasteiger partial charge on any atom is 0.227 e. The molecule has 1 fully saturated rings. The highest BCUT2D eigenvalue weighted by Gasteiger charge is 2.18. The number of amides is 1. The molecule has 1 heterocycles. The maximum atomic E-state index is 11.1. The molecule has 0 radical (unpaired) electrons. The summed E-state index contributed by atoms with van der Waals surface area (Å²) in [6, 6.07) is 0.259. The lowest BCUT2D eigenvalue weighted by molar-refractivity contribution is -0.121. The van der Waals surface area contributed by atoms with Crippen molar-refractivity contribution in [3.63, 3.8) is 0 Å². The Hall–Kier alpha value is -0.990. The van der Waals surface area contributed by atoms with Crippen LogP contribution in [-0.4, -0.2) is 11.9 Å². The van der Waals surface area contributed by atoms with E-state index in [2.05, 4.69) is 17.6 Å². The van der Waals surface area contributed by atoms with E-state index >= 15 is 0 Å². The number of rotatable bonds is 1. The van der Waals surface area contributed by atoms with Crippen LogP contribution in [0.3, 0.4) is 0 Å². The lowest BCUT2D eigenvalue weighted by Crippen LogP contribution is -2.45. The molecule has 0 aromatic rings. The third-order valence-corrected chi connectivity index (χ3v) is 2.10. The van der Waals surface area contributed by atoms with Crippen LogP contribution in [0.1, 0.15) is 33.6 Å². The topological polar surface area (TPSA) is 41.1 Å². The Kier molecular flexibility index (Phi) is 2.74. The first-order valence-corrected chi connectivity index (χ1v) is 4.39. The molecule has 1 rings (SSSR count). The molecule has 3 nitrogen and oxygen atoms in total. The van der Waals surface area contributed by atoms with Crippen LogP contribution in [0, 0.1) is 0 Å². The van der Waals surface area contributed by atoms with Crippen LogP contribution in [0.5, 0.6) is 0 Å². The van der Waals surface area contributed by atoms with Crippen LogP contribution < -0.4 is 10.6 Å². The van der Waals surface area contributed by atoms with Crippen LogP contribution in [0.2, 0.25) is 0 Å². The molecular formula is C9H16N2O. The van der Waals surface area contributed by atoms with Gasteiger partial charge in [0.2, 0.25) is 5.91 Å². The number of hydrogen-bond donors (Lipinski definition) is 2. The van der Waals surface area contributed by atoms with Crippen molar-refractivity contribution in [3.8, 4) is 0 Å². The molecule has 1 atom stereocenters. The summed E-state index contributed by atoms with van der Waals surface area (Å²) >= 11 is 0. The summed E-state index contributed by atoms with van der Waals surface area (Å²) < 4.78 is 0. The van der Waals surface area contributed by atoms with E-state index in [9.17, 15) is 4.79 Å². The highest BCUT2D eigenvalue weighted by atomic mass is 16.1. The fourth-order valence-corrected chi connectivity index (χ4v) is 1.21. The molecule has 1 amide bonds. The van der Waals surface area contributed by atoms with Crippen LogP contribution in [0.15, 0.2) is 11.4 Å². The Morgan fingerprint density at radius 1 is 1.67 bits per heavy atom. The fraction of sp³-hybridized carbons (Fsp3) is 0.667. The SMILES string of the molecule is CC/C(C)=C1\NC(=O)CC(C)N1. The predicted octanol–water partition coefficient (Wildman–Crippen LogP) is 1.13. The van der Waals surface area contributed by atoms with Gasteiger partial charge in [0.25, 0.3) is 0 Å². The van der Waals surface area contributed by atoms with Gasteiger partial charge in [-0.15, -0.1) is 0 Å². The van der Waals surface area contributed by atoms with Crippen molar-refractivity contribution in [3.05, 3.63) is 11.4 Å². The highest BCUT2D eigenvalue weighted by Crippen LogP contribution is 2.08. The molecule has 0 spiro atoms. The molecule has 68 valence electrons. The summed E-state index contributed by atoms with van der Waals surface area (Å²) in [6.45, 7) is 6.12. The first-order valence-electron chi connectivity index (χ1n) is 4.39. The predicted molar refractivity (Wildman–Crippen MR) is 48.3 cm³/mol. The highest BCUT2D eigenvalue weighted by molar-refractivity contribution is 5.79. The van der Waals surface area contributed by atoms with Crippen LogP contribution in [-0.2, 0) is 4.79 Å². The van der Waals surface area contributed by atoms with Gasteiger partial charge in [-0.2, -0.15) is 0 Å². The normalized spacial score (nSPS) is 27.6. The van der Waals surface area contributed by atoms with E-state index in [4.69, 9.17) is 0 Å². The molecule has 0 aromatic heterocycles. The minimum Gasteiger partial charge on any atom is -0.369 e. The van der Waals surface area contributed by atoms with E-state index in [1.165, 1.54) is 5.57 Å². The number of allylic oxidation sites excluding steroid dienone is 1. The lowest BCUT2D eigenvalue weighted by atomic mass is 10.1. The zero-order valence-corrected chi connectivity index (χ0v) is 7.90. The Labute approximate surface area is 73.2 Å². The standard InChI is InChI=1S/C9H16N2O/c1-4-6(2)9-10-7(3)5-8(12)11-9/h7,10H,4-5H2,1-3H3,(H,11,12)/b9-6-. The van der Waals surface area contributed by atoms with Crippen molar-refractivity contribution in [2.75, 3.05) is 0 Å². The zero-order chi connectivity index (χ0) is 9.14. The van der Waals surface area contributed by atoms with Gasteiger partial charge in [-0.25, -0.2) is 0 Å². The lowest BCUT2D eigenvalue weighted by Gasteiger charge is -2.25. The van der Waals surface area contributed by atoms with E-state index in [0.717, 1.165) is 12.2 Å². The smallest absolute Gasteiger partial charge is 0.227 e. The van der Waals surface area contributed by atoms with E-state index in [1.807, 2.05) is 13.8 Å². The largest absolute Gasteiger partial charge is 0.369 e. The first-order chi connectivity index (χ1) is 5.63. The summed E-state index contributed by atoms with van der Waals surface area (Å²) in [6.07, 6.45) is 1.54. The third kappa shape index (κ3) is 2.00. The minimum absolute atomic E-state index is 0.115. The van der Waals surface area contributed by atoms with Crippen LogP contribution >= 0.6 is 0 Å². The average Bonchev–Trinajstić information content (AvgIpc) is 2.01. The molecule has 1 saturated heterocycles. The number of carbonyl (C=O) groups excluding carboxylic acids is 1. The minimum atomic E-state index is 0.115. The van der Waals surface area contributed by atoms with Crippen molar-refractivity contribution in [2.24, 2.45) is 0 Å². The van der Waals surface area contributed by atoms with Crippen molar-refractivity contribution in [1.82, 2.24) is 10.6 Å². The second-order valence-electron chi connectivity index (χ2n) is 3.31. The Bertz CT molecular complexity index is 221. The number of nitrogens with one attached hydrogen (secondary N) is 2. The van der Waals surface area contributed by atoms with Gasteiger partial charge in [-0.05, 0) is 25.8 Å². The summed E-state index contributed by atoms with van der Waals surface area (Å²) in [5.74, 6) is 1.02. The molecule has 1 aliphatic rings. The molecule has 0 aliphatic carbocycles. The molecular weight excluding hydrogens is 152 g/mol. The molecule has 0 bridgehead atoms. The molecule has 2 N–H and O–H groups in total. The van der Waals surface area contributed by atoms with Gasteiger partial charge in [-0.3, -0.25) is 4.79 Å². The fourth-order valence-electron chi connectivity index (χ4n) is 1.21.